The summed E-state index contributed by atoms with van der Waals surface area (Å²) in [6.07, 6.45) is 2.72. The van der Waals surface area contributed by atoms with E-state index < -0.39 is 12.2 Å². The molecule has 0 spiro atoms. The number of nitrogens with zero attached hydrogens (tertiary/aromatic N) is 4. The minimum Gasteiger partial charge on any atom is -0.440 e. The molecular weight excluding hydrogens is 324 g/mol. The van der Waals surface area contributed by atoms with Crippen molar-refractivity contribution in [2.45, 2.75) is 31.2 Å². The van der Waals surface area contributed by atoms with E-state index in [1.54, 1.807) is 6.21 Å². The maximum Gasteiger partial charge on any atom is 0.430 e. The van der Waals surface area contributed by atoms with Crippen molar-refractivity contribution in [2.75, 3.05) is 20.2 Å². The van der Waals surface area contributed by atoms with Gasteiger partial charge in [-0.15, -0.1) is 0 Å². The van der Waals surface area contributed by atoms with Crippen LogP contribution in [0.4, 0.5) is 4.79 Å². The molecule has 2 rings (SSSR count). The lowest BCUT2D eigenvalue weighted by Gasteiger charge is -2.37. The van der Waals surface area contributed by atoms with Crippen LogP contribution in [-0.4, -0.2) is 59.5 Å². The number of carbonyl (C=O) groups is 1. The summed E-state index contributed by atoms with van der Waals surface area (Å²) in [7, 11) is 1.99. The lowest BCUT2D eigenvalue weighted by Crippen LogP contribution is -2.49. The molecule has 1 fully saturated rings. The molecule has 120 valence electrons. The highest BCUT2D eigenvalue weighted by Crippen LogP contribution is 2.24. The molecule has 2 aliphatic rings. The number of hydrogen-bond donors (Lipinski definition) is 2. The summed E-state index contributed by atoms with van der Waals surface area (Å²) in [4.78, 5) is 18.2. The van der Waals surface area contributed by atoms with Crippen molar-refractivity contribution >= 4 is 37.9 Å². The van der Waals surface area contributed by atoms with Gasteiger partial charge in [0.05, 0.1) is 12.7 Å². The number of thiol groups is 2. The largest absolute Gasteiger partial charge is 0.440 e. The first-order valence-electron chi connectivity index (χ1n) is 6.85. The fourth-order valence-corrected chi connectivity index (χ4v) is 2.47. The van der Waals surface area contributed by atoms with Gasteiger partial charge in [-0.3, -0.25) is 9.89 Å². The van der Waals surface area contributed by atoms with E-state index in [0.717, 1.165) is 15.8 Å². The van der Waals surface area contributed by atoms with Crippen molar-refractivity contribution in [3.05, 3.63) is 11.6 Å². The van der Waals surface area contributed by atoms with E-state index in [-0.39, 0.29) is 18.7 Å². The second-order valence-electron chi connectivity index (χ2n) is 5.03. The van der Waals surface area contributed by atoms with Crippen LogP contribution in [0.5, 0.6) is 0 Å². The van der Waals surface area contributed by atoms with Crippen LogP contribution in [0.2, 0.25) is 0 Å². The van der Waals surface area contributed by atoms with E-state index in [4.69, 9.17) is 14.7 Å². The molecule has 0 aromatic heterocycles. The first kappa shape index (κ1) is 17.1. The molecule has 7 nitrogen and oxygen atoms in total. The predicted octanol–water partition coefficient (Wildman–Crippen LogP) is 1.45. The van der Waals surface area contributed by atoms with Gasteiger partial charge in [0.25, 0.3) is 0 Å². The van der Waals surface area contributed by atoms with Crippen LogP contribution in [0, 0.1) is 11.3 Å². The molecule has 0 aromatic carbocycles. The second-order valence-corrected chi connectivity index (χ2v) is 6.15. The van der Waals surface area contributed by atoms with E-state index in [1.807, 2.05) is 19.2 Å². The number of hydrogen-bond acceptors (Lipinski definition) is 8. The normalized spacial score (nSPS) is 25.6. The molecule has 1 amide bonds. The molecule has 3 atom stereocenters. The molecule has 0 aromatic rings. The van der Waals surface area contributed by atoms with Gasteiger partial charge < -0.3 is 9.47 Å². The predicted molar refractivity (Wildman–Crippen MR) is 87.7 cm³/mol. The van der Waals surface area contributed by atoms with E-state index in [2.05, 4.69) is 35.5 Å². The van der Waals surface area contributed by atoms with Crippen LogP contribution in [0.25, 0.3) is 0 Å². The van der Waals surface area contributed by atoms with Gasteiger partial charge >= 0.3 is 6.09 Å². The third kappa shape index (κ3) is 4.16. The maximum atomic E-state index is 11.7. The average Bonchev–Trinajstić information content (AvgIpc) is 2.51. The highest BCUT2D eigenvalue weighted by Gasteiger charge is 2.32. The lowest BCUT2D eigenvalue weighted by atomic mass is 10.00. The van der Waals surface area contributed by atoms with Gasteiger partial charge in [0, 0.05) is 31.2 Å². The van der Waals surface area contributed by atoms with Crippen molar-refractivity contribution < 1.29 is 14.3 Å². The Morgan fingerprint density at radius 1 is 1.73 bits per heavy atom. The number of fused-ring (bicyclic) bond motifs is 1. The number of carbonyl (C=O) groups excluding carboxylic acids is 1. The molecule has 0 bridgehead atoms. The standard InChI is InChI=1S/C13H18N4O3S2/c1-16-5-6-19-11-7-9(8-15-12(11)16)10(3-2-4-14)20-13(18)17(21)22/h7-8,10-12,21-22H,2-3,5-6H2,1H3. The maximum absolute atomic E-state index is 11.7. The average molecular weight is 342 g/mol. The van der Waals surface area contributed by atoms with Gasteiger partial charge in [0.1, 0.15) is 18.4 Å². The Morgan fingerprint density at radius 3 is 3.18 bits per heavy atom. The molecule has 2 aliphatic heterocycles. The summed E-state index contributed by atoms with van der Waals surface area (Å²) in [6.45, 7) is 1.45. The van der Waals surface area contributed by atoms with Crippen molar-refractivity contribution in [1.29, 1.82) is 5.26 Å². The number of aliphatic imine (C=N–C) groups is 1. The molecule has 22 heavy (non-hydrogen) atoms. The van der Waals surface area contributed by atoms with E-state index >= 15 is 0 Å². The zero-order valence-electron chi connectivity index (χ0n) is 12.1. The van der Waals surface area contributed by atoms with Crippen LogP contribution in [-0.2, 0) is 9.47 Å². The summed E-state index contributed by atoms with van der Waals surface area (Å²) in [5.74, 6) is 0. The third-order valence-electron chi connectivity index (χ3n) is 3.53. The zero-order valence-corrected chi connectivity index (χ0v) is 13.9. The van der Waals surface area contributed by atoms with Gasteiger partial charge in [-0.2, -0.15) is 8.97 Å². The topological polar surface area (TPSA) is 78.2 Å². The minimum atomic E-state index is -0.701. The summed E-state index contributed by atoms with van der Waals surface area (Å²) < 4.78 is 11.8. The Balaban J connectivity index is 2.12. The lowest BCUT2D eigenvalue weighted by molar-refractivity contribution is -0.0349. The molecule has 0 aliphatic carbocycles. The molecule has 0 saturated carbocycles. The van der Waals surface area contributed by atoms with Crippen molar-refractivity contribution in [3.63, 3.8) is 0 Å². The SMILES string of the molecule is CN1CCOC2C=C(C(CCC#N)OC(=O)N(S)S)C=NC21. The summed E-state index contributed by atoms with van der Waals surface area (Å²) in [6, 6.07) is 2.05. The Labute approximate surface area is 140 Å². The fourth-order valence-electron chi connectivity index (χ4n) is 2.38. The number of likely N-dealkylation sites (N-methyl/N-ethyl adjacent to an activating group) is 1. The number of ether oxygens (including phenoxy) is 2. The van der Waals surface area contributed by atoms with Crippen LogP contribution in [0.1, 0.15) is 12.8 Å². The van der Waals surface area contributed by atoms with Crippen LogP contribution < -0.4 is 0 Å². The third-order valence-corrected chi connectivity index (χ3v) is 3.86. The second kappa shape index (κ2) is 7.87. The van der Waals surface area contributed by atoms with E-state index in [1.165, 1.54) is 0 Å². The molecule has 0 radical (unpaired) electrons. The smallest absolute Gasteiger partial charge is 0.430 e. The van der Waals surface area contributed by atoms with Crippen LogP contribution >= 0.6 is 25.6 Å². The van der Waals surface area contributed by atoms with Crippen molar-refractivity contribution in [1.82, 2.24) is 8.61 Å². The van der Waals surface area contributed by atoms with E-state index in [9.17, 15) is 4.79 Å². The monoisotopic (exact) mass is 342 g/mol. The van der Waals surface area contributed by atoms with Gasteiger partial charge in [-0.05, 0) is 38.8 Å². The van der Waals surface area contributed by atoms with E-state index in [0.29, 0.717) is 13.0 Å². The number of nitriles is 1. The molecule has 9 heteroatoms. The molecule has 2 heterocycles. The van der Waals surface area contributed by atoms with Crippen LogP contribution in [0.15, 0.2) is 16.6 Å². The van der Waals surface area contributed by atoms with Crippen molar-refractivity contribution in [2.24, 2.45) is 4.99 Å². The number of morpholine rings is 1. The van der Waals surface area contributed by atoms with Crippen molar-refractivity contribution in [3.8, 4) is 6.07 Å². The summed E-state index contributed by atoms with van der Waals surface area (Å²) in [5, 5.41) is 8.76. The number of amides is 1. The Bertz CT molecular complexity index is 518. The number of dihydropyridines is 1. The van der Waals surface area contributed by atoms with Gasteiger partial charge in [-0.1, -0.05) is 0 Å². The van der Waals surface area contributed by atoms with Gasteiger partial charge in [0.15, 0.2) is 0 Å². The Kier molecular flexibility index (Phi) is 6.14. The molecule has 0 N–H and O–H groups in total. The highest BCUT2D eigenvalue weighted by molar-refractivity contribution is 7.94. The molecule has 3 unspecified atom stereocenters. The van der Waals surface area contributed by atoms with Crippen LogP contribution in [0.3, 0.4) is 0 Å². The summed E-state index contributed by atoms with van der Waals surface area (Å²) >= 11 is 7.56. The molecule has 1 saturated heterocycles. The molecular formula is C13H18N4O3S2. The minimum absolute atomic E-state index is 0.0592. The Hall–Kier alpha value is -1.21. The first-order chi connectivity index (χ1) is 10.5. The zero-order chi connectivity index (χ0) is 16.1. The van der Waals surface area contributed by atoms with Gasteiger partial charge in [0.2, 0.25) is 0 Å². The highest BCUT2D eigenvalue weighted by atomic mass is 32.2. The fraction of sp³-hybridized carbons (Fsp3) is 0.615. The number of rotatable bonds is 4. The first-order valence-corrected chi connectivity index (χ1v) is 7.65. The Morgan fingerprint density at radius 2 is 2.50 bits per heavy atom. The quantitative estimate of drug-likeness (QED) is 0.756. The van der Waals surface area contributed by atoms with Gasteiger partial charge in [-0.25, -0.2) is 4.79 Å². The summed E-state index contributed by atoms with van der Waals surface area (Å²) in [5.41, 5.74) is 0.726.